The van der Waals surface area contributed by atoms with E-state index in [9.17, 15) is 18.3 Å². The van der Waals surface area contributed by atoms with Crippen molar-refractivity contribution < 1.29 is 50.9 Å². The van der Waals surface area contributed by atoms with Crippen LogP contribution in [0, 0.1) is 11.8 Å². The van der Waals surface area contributed by atoms with Gasteiger partial charge in [-0.3, -0.25) is 0 Å². The number of thiol groups is 1. The number of nitrogens with zero attached hydrogens (tertiary/aromatic N) is 1. The molecule has 3 heterocycles. The molecule has 47 heavy (non-hydrogen) atoms. The summed E-state index contributed by atoms with van der Waals surface area (Å²) in [6, 6.07) is 10.7. The number of amides is 1. The molecule has 3 aliphatic rings. The Morgan fingerprint density at radius 2 is 1.87 bits per heavy atom. The van der Waals surface area contributed by atoms with Gasteiger partial charge in [0.05, 0.1) is 49.4 Å². The van der Waals surface area contributed by atoms with E-state index in [1.807, 2.05) is 26.0 Å². The number of rotatable bonds is 16. The van der Waals surface area contributed by atoms with Crippen LogP contribution in [0.2, 0.25) is 0 Å². The van der Waals surface area contributed by atoms with E-state index in [2.05, 4.69) is 18.2 Å². The number of sulfonamides is 1. The van der Waals surface area contributed by atoms with Crippen LogP contribution >= 0.6 is 12.9 Å². The molecule has 256 valence electrons. The fraction of sp³-hybridized carbons (Fsp3) is 0.581. The molecule has 2 aromatic rings. The molecule has 2 N–H and O–H groups in total. The number of carbonyl (C=O) groups excluding carboxylic acids is 1. The number of hydrogen-bond acceptors (Lipinski definition) is 12. The van der Waals surface area contributed by atoms with E-state index in [4.69, 9.17) is 32.6 Å². The van der Waals surface area contributed by atoms with Crippen molar-refractivity contribution >= 4 is 80.4 Å². The summed E-state index contributed by atoms with van der Waals surface area (Å²) in [6.07, 6.45) is -1.32. The van der Waals surface area contributed by atoms with Crippen LogP contribution in [0.15, 0.2) is 47.4 Å². The van der Waals surface area contributed by atoms with Crippen molar-refractivity contribution in [1.29, 1.82) is 0 Å². The van der Waals surface area contributed by atoms with E-state index >= 15 is 0 Å². The Balaban J connectivity index is 0.00000500. The van der Waals surface area contributed by atoms with Crippen LogP contribution in [0.3, 0.4) is 0 Å². The van der Waals surface area contributed by atoms with E-state index < -0.39 is 34.4 Å². The van der Waals surface area contributed by atoms with Gasteiger partial charge < -0.3 is 43.0 Å². The molecule has 2 aromatic carbocycles. The topological polar surface area (TPSA) is 151 Å². The van der Waals surface area contributed by atoms with Crippen LogP contribution in [0.1, 0.15) is 32.3 Å². The third-order valence-corrected chi connectivity index (χ3v) is 10.1. The first-order valence-electron chi connectivity index (χ1n) is 15.4. The van der Waals surface area contributed by atoms with Crippen molar-refractivity contribution in [2.24, 2.45) is 11.8 Å². The third kappa shape index (κ3) is 10.2. The Morgan fingerprint density at radius 3 is 2.62 bits per heavy atom. The molecule has 3 aliphatic heterocycles. The number of hydrogen-bond donors (Lipinski definition) is 3. The summed E-state index contributed by atoms with van der Waals surface area (Å²) in [5.74, 6) is 1.30. The molecule has 0 aromatic heterocycles. The summed E-state index contributed by atoms with van der Waals surface area (Å²) >= 11 is 3.73. The first kappa shape index (κ1) is 38.6. The molecule has 0 bridgehead atoms. The zero-order chi connectivity index (χ0) is 32.7. The molecule has 0 spiro atoms. The fourth-order valence-electron chi connectivity index (χ4n) is 5.70. The first-order valence-corrected chi connectivity index (χ1v) is 17.2. The number of ether oxygens (including phenoxy) is 6. The van der Waals surface area contributed by atoms with E-state index in [-0.39, 0.29) is 107 Å². The molecule has 0 aliphatic carbocycles. The Labute approximate surface area is 324 Å². The maximum atomic E-state index is 14.2. The number of alkyl carbamates (subject to hydrolysis) is 1. The summed E-state index contributed by atoms with van der Waals surface area (Å²) in [6.45, 7) is 5.33. The van der Waals surface area contributed by atoms with Crippen LogP contribution in [0.25, 0.3) is 0 Å². The molecule has 0 saturated carbocycles. The normalized spacial score (nSPS) is 21.3. The third-order valence-electron chi connectivity index (χ3n) is 8.03. The van der Waals surface area contributed by atoms with Gasteiger partial charge in [0, 0.05) is 25.6 Å². The van der Waals surface area contributed by atoms with E-state index in [1.165, 1.54) is 16.4 Å². The van der Waals surface area contributed by atoms with E-state index in [1.54, 1.807) is 18.2 Å². The first-order chi connectivity index (χ1) is 22.2. The second-order valence-electron chi connectivity index (χ2n) is 11.9. The van der Waals surface area contributed by atoms with Gasteiger partial charge in [-0.1, -0.05) is 26.0 Å². The summed E-state index contributed by atoms with van der Waals surface area (Å²) in [7, 11) is -4.15. The van der Waals surface area contributed by atoms with Gasteiger partial charge in [-0.15, -0.1) is 0 Å². The summed E-state index contributed by atoms with van der Waals surface area (Å²) in [5.41, 5.74) is 0.766. The number of carbonyl (C=O) groups is 1. The van der Waals surface area contributed by atoms with Gasteiger partial charge in [-0.25, -0.2) is 13.2 Å². The van der Waals surface area contributed by atoms with Gasteiger partial charge in [0.2, 0.25) is 16.8 Å². The van der Waals surface area contributed by atoms with Gasteiger partial charge in [-0.2, -0.15) is 4.31 Å². The van der Waals surface area contributed by atoms with Crippen LogP contribution in [-0.2, 0) is 34.8 Å². The Morgan fingerprint density at radius 1 is 1.11 bits per heavy atom. The number of fused-ring (bicyclic) bond motifs is 2. The molecule has 2 saturated heterocycles. The number of aliphatic hydroxyl groups is 1. The molecule has 13 nitrogen and oxygen atoms in total. The predicted octanol–water partition coefficient (Wildman–Crippen LogP) is 2.50. The number of aliphatic hydroxyl groups excluding tert-OH is 1. The summed E-state index contributed by atoms with van der Waals surface area (Å²) in [5, 5.41) is 14.2. The van der Waals surface area contributed by atoms with Crippen molar-refractivity contribution in [3.05, 3.63) is 48.0 Å². The fourth-order valence-corrected chi connectivity index (χ4v) is 7.66. The molecule has 1 amide bonds. The number of benzene rings is 2. The SMILES string of the molecule is CC(C)CN(C(Cc1ccc(OCCCOS)cc1)[C@H](O)CNC(=O)O[C@H]1CO[C@H]2OCC[C@H]21)S(=O)(=O)c1ccc2c(c1)OCO2.[KH]. The molecule has 5 atom stereocenters. The maximum absolute atomic E-state index is 14.2. The predicted molar refractivity (Wildman–Crippen MR) is 176 cm³/mol. The minimum absolute atomic E-state index is 0. The summed E-state index contributed by atoms with van der Waals surface area (Å²) in [4.78, 5) is 12.8. The van der Waals surface area contributed by atoms with Crippen molar-refractivity contribution in [2.75, 3.05) is 46.3 Å². The molecular formula is C31H43KN2O11S2. The molecule has 1 unspecified atom stereocenters. The Hall–Kier alpha value is -1.15. The molecule has 2 fully saturated rings. The molecule has 5 rings (SSSR count). The molecular weight excluding hydrogens is 680 g/mol. The van der Waals surface area contributed by atoms with Gasteiger partial charge in [0.15, 0.2) is 17.8 Å². The number of nitrogens with one attached hydrogen (secondary N) is 1. The second-order valence-corrected chi connectivity index (χ2v) is 14.0. The standard InChI is InChI=1S/C31H42N2O11S2.K.H/c1-20(2)17-33(46(36,37)23-8-9-27-28(15-23)42-19-41-27)25(14-21-4-6-22(7-5-21)38-11-3-12-43-45)26(34)16-32-31(35)44-29-18-40-30-24(29)10-13-39-30;;/h4-9,15,20,24-26,29-30,34,45H,3,10-14,16-19H2,1-2H3,(H,32,35);;/t24-,25?,26+,29-,30+;;/m0../s1. The summed E-state index contributed by atoms with van der Waals surface area (Å²) < 4.78 is 67.8. The second kappa shape index (κ2) is 18.2. The Kier molecular flexibility index (Phi) is 15.0. The van der Waals surface area contributed by atoms with Gasteiger partial charge in [0.1, 0.15) is 11.9 Å². The molecule has 0 radical (unpaired) electrons. The van der Waals surface area contributed by atoms with Crippen molar-refractivity contribution in [3.63, 3.8) is 0 Å². The average molecular weight is 723 g/mol. The average Bonchev–Trinajstić information content (AvgIpc) is 3.79. The van der Waals surface area contributed by atoms with Crippen molar-refractivity contribution in [2.45, 2.75) is 62.5 Å². The van der Waals surface area contributed by atoms with Gasteiger partial charge in [-0.05, 0) is 61.5 Å². The molecule has 16 heteroatoms. The van der Waals surface area contributed by atoms with Crippen molar-refractivity contribution in [1.82, 2.24) is 9.62 Å². The zero-order valence-electron chi connectivity index (χ0n) is 25.9. The van der Waals surface area contributed by atoms with Crippen molar-refractivity contribution in [3.8, 4) is 17.2 Å². The Bertz CT molecular complexity index is 1420. The van der Waals surface area contributed by atoms with Crippen LogP contribution in [0.4, 0.5) is 4.79 Å². The van der Waals surface area contributed by atoms with Gasteiger partial charge in [0.25, 0.3) is 0 Å². The monoisotopic (exact) mass is 722 g/mol. The quantitative estimate of drug-likeness (QED) is 0.102. The van der Waals surface area contributed by atoms with Crippen LogP contribution < -0.4 is 19.5 Å². The van der Waals surface area contributed by atoms with Crippen LogP contribution in [-0.4, -0.2) is 146 Å². The minimum atomic E-state index is -4.15. The van der Waals surface area contributed by atoms with E-state index in [0.29, 0.717) is 43.5 Å². The zero-order valence-corrected chi connectivity index (χ0v) is 27.6. The van der Waals surface area contributed by atoms with E-state index in [0.717, 1.165) is 12.0 Å². The van der Waals surface area contributed by atoms with Gasteiger partial charge >= 0.3 is 57.5 Å². The van der Waals surface area contributed by atoms with Crippen LogP contribution in [0.5, 0.6) is 17.2 Å².